The molecule has 0 aromatic carbocycles. The van der Waals surface area contributed by atoms with E-state index in [0.717, 1.165) is 38.9 Å². The second-order valence-corrected chi connectivity index (χ2v) is 4.55. The molecule has 0 bridgehead atoms. The summed E-state index contributed by atoms with van der Waals surface area (Å²) in [6.07, 6.45) is 10.6. The number of carboxylic acids is 1. The van der Waals surface area contributed by atoms with Crippen LogP contribution in [0.15, 0.2) is 0 Å². The SMILES string of the molecule is C#CCCCN1CCCC(CCC(=O)O)C1. The van der Waals surface area contributed by atoms with Crippen LogP contribution in [-0.4, -0.2) is 35.6 Å². The van der Waals surface area contributed by atoms with E-state index in [0.29, 0.717) is 12.3 Å². The zero-order chi connectivity index (χ0) is 11.8. The lowest BCUT2D eigenvalue weighted by Gasteiger charge is -2.32. The molecular weight excluding hydrogens is 202 g/mol. The average molecular weight is 223 g/mol. The van der Waals surface area contributed by atoms with Crippen LogP contribution >= 0.6 is 0 Å². The number of carbonyl (C=O) groups is 1. The lowest BCUT2D eigenvalue weighted by molar-refractivity contribution is -0.137. The van der Waals surface area contributed by atoms with Crippen LogP contribution < -0.4 is 0 Å². The first-order chi connectivity index (χ1) is 7.72. The molecule has 1 aliphatic rings. The zero-order valence-electron chi connectivity index (χ0n) is 9.82. The summed E-state index contributed by atoms with van der Waals surface area (Å²) in [6.45, 7) is 3.26. The number of carboxylic acid groups (broad SMARTS) is 1. The number of terminal acetylenes is 1. The van der Waals surface area contributed by atoms with Crippen LogP contribution in [0.3, 0.4) is 0 Å². The quantitative estimate of drug-likeness (QED) is 0.553. The van der Waals surface area contributed by atoms with E-state index in [1.54, 1.807) is 0 Å². The van der Waals surface area contributed by atoms with Crippen molar-refractivity contribution in [1.29, 1.82) is 0 Å². The highest BCUT2D eigenvalue weighted by atomic mass is 16.4. The third-order valence-corrected chi connectivity index (χ3v) is 3.17. The molecule has 0 aliphatic carbocycles. The van der Waals surface area contributed by atoms with Crippen LogP contribution in [0, 0.1) is 18.3 Å². The minimum Gasteiger partial charge on any atom is -0.481 e. The number of nitrogens with zero attached hydrogens (tertiary/aromatic N) is 1. The normalized spacial score (nSPS) is 21.6. The Labute approximate surface area is 97.8 Å². The standard InChI is InChI=1S/C13H21NO2/c1-2-3-4-9-14-10-5-6-12(11-14)7-8-13(15)16/h1,12H,3-11H2,(H,15,16). The molecule has 1 aliphatic heterocycles. The summed E-state index contributed by atoms with van der Waals surface area (Å²) < 4.78 is 0. The van der Waals surface area contributed by atoms with E-state index in [1.165, 1.54) is 12.8 Å². The Bertz CT molecular complexity index is 257. The van der Waals surface area contributed by atoms with Crippen LogP contribution in [0.2, 0.25) is 0 Å². The Kier molecular flexibility index (Phi) is 5.95. The lowest BCUT2D eigenvalue weighted by atomic mass is 9.93. The monoisotopic (exact) mass is 223 g/mol. The maximum absolute atomic E-state index is 10.5. The smallest absolute Gasteiger partial charge is 0.303 e. The first kappa shape index (κ1) is 13.1. The summed E-state index contributed by atoms with van der Waals surface area (Å²) in [5.74, 6) is 2.54. The van der Waals surface area contributed by atoms with Crippen molar-refractivity contribution < 1.29 is 9.90 Å². The Balaban J connectivity index is 2.19. The lowest BCUT2D eigenvalue weighted by Crippen LogP contribution is -2.36. The second kappa shape index (κ2) is 7.29. The largest absolute Gasteiger partial charge is 0.481 e. The molecule has 1 rings (SSSR count). The molecule has 1 heterocycles. The molecule has 0 aromatic heterocycles. The number of likely N-dealkylation sites (tertiary alicyclic amines) is 1. The molecule has 0 aromatic rings. The second-order valence-electron chi connectivity index (χ2n) is 4.55. The fraction of sp³-hybridized carbons (Fsp3) is 0.769. The van der Waals surface area contributed by atoms with Gasteiger partial charge < -0.3 is 10.0 Å². The van der Waals surface area contributed by atoms with E-state index in [4.69, 9.17) is 11.5 Å². The van der Waals surface area contributed by atoms with Gasteiger partial charge in [0.25, 0.3) is 0 Å². The van der Waals surface area contributed by atoms with Crippen LogP contribution in [0.5, 0.6) is 0 Å². The number of aliphatic carboxylic acids is 1. The molecule has 3 nitrogen and oxygen atoms in total. The molecule has 3 heteroatoms. The first-order valence-corrected chi connectivity index (χ1v) is 6.10. The van der Waals surface area contributed by atoms with E-state index in [2.05, 4.69) is 10.8 Å². The van der Waals surface area contributed by atoms with Crippen LogP contribution in [0.1, 0.15) is 38.5 Å². The van der Waals surface area contributed by atoms with Crippen molar-refractivity contribution in [2.24, 2.45) is 5.92 Å². The molecule has 1 atom stereocenters. The van der Waals surface area contributed by atoms with Gasteiger partial charge in [0.2, 0.25) is 0 Å². The third kappa shape index (κ3) is 5.18. The van der Waals surface area contributed by atoms with Crippen molar-refractivity contribution in [3.8, 4) is 12.3 Å². The van der Waals surface area contributed by atoms with Gasteiger partial charge >= 0.3 is 5.97 Å². The fourth-order valence-electron chi connectivity index (χ4n) is 2.32. The zero-order valence-corrected chi connectivity index (χ0v) is 9.82. The molecule has 0 amide bonds. The molecule has 90 valence electrons. The van der Waals surface area contributed by atoms with Gasteiger partial charge in [0.05, 0.1) is 0 Å². The highest BCUT2D eigenvalue weighted by Gasteiger charge is 2.19. The molecule has 1 N–H and O–H groups in total. The van der Waals surface area contributed by atoms with Gasteiger partial charge in [-0.2, -0.15) is 0 Å². The maximum atomic E-state index is 10.5. The minimum atomic E-state index is -0.676. The van der Waals surface area contributed by atoms with Gasteiger partial charge in [-0.3, -0.25) is 4.79 Å². The Morgan fingerprint density at radius 2 is 2.38 bits per heavy atom. The topological polar surface area (TPSA) is 40.5 Å². The van der Waals surface area contributed by atoms with Crippen molar-refractivity contribution in [3.05, 3.63) is 0 Å². The number of rotatable bonds is 6. The third-order valence-electron chi connectivity index (χ3n) is 3.17. The predicted octanol–water partition coefficient (Wildman–Crippen LogP) is 1.98. The first-order valence-electron chi connectivity index (χ1n) is 6.10. The Morgan fingerprint density at radius 3 is 3.06 bits per heavy atom. The number of hydrogen-bond donors (Lipinski definition) is 1. The van der Waals surface area contributed by atoms with Crippen molar-refractivity contribution in [1.82, 2.24) is 4.90 Å². The van der Waals surface area contributed by atoms with E-state index >= 15 is 0 Å². The predicted molar refractivity (Wildman–Crippen MR) is 64.1 cm³/mol. The Morgan fingerprint density at radius 1 is 1.56 bits per heavy atom. The fourth-order valence-corrected chi connectivity index (χ4v) is 2.32. The van der Waals surface area contributed by atoms with E-state index in [-0.39, 0.29) is 0 Å². The van der Waals surface area contributed by atoms with E-state index in [9.17, 15) is 4.79 Å². The van der Waals surface area contributed by atoms with Gasteiger partial charge in [-0.25, -0.2) is 0 Å². The maximum Gasteiger partial charge on any atom is 0.303 e. The van der Waals surface area contributed by atoms with Crippen molar-refractivity contribution in [3.63, 3.8) is 0 Å². The molecule has 1 unspecified atom stereocenters. The van der Waals surface area contributed by atoms with Crippen molar-refractivity contribution >= 4 is 5.97 Å². The summed E-state index contributed by atoms with van der Waals surface area (Å²) in [7, 11) is 0. The van der Waals surface area contributed by atoms with Gasteiger partial charge in [0, 0.05) is 19.4 Å². The average Bonchev–Trinajstić information content (AvgIpc) is 2.27. The van der Waals surface area contributed by atoms with Gasteiger partial charge in [0.1, 0.15) is 0 Å². The van der Waals surface area contributed by atoms with Gasteiger partial charge in [-0.1, -0.05) is 0 Å². The number of piperidine rings is 1. The molecule has 16 heavy (non-hydrogen) atoms. The molecule has 1 saturated heterocycles. The summed E-state index contributed by atoms with van der Waals surface area (Å²) in [6, 6.07) is 0. The van der Waals surface area contributed by atoms with Crippen molar-refractivity contribution in [2.45, 2.75) is 38.5 Å². The van der Waals surface area contributed by atoms with Crippen LogP contribution in [-0.2, 0) is 4.79 Å². The van der Waals surface area contributed by atoms with E-state index < -0.39 is 5.97 Å². The van der Waals surface area contributed by atoms with Crippen molar-refractivity contribution in [2.75, 3.05) is 19.6 Å². The molecule has 1 fully saturated rings. The molecule has 0 saturated carbocycles. The van der Waals surface area contributed by atoms with Crippen LogP contribution in [0.4, 0.5) is 0 Å². The van der Waals surface area contributed by atoms with Gasteiger partial charge in [-0.15, -0.1) is 12.3 Å². The summed E-state index contributed by atoms with van der Waals surface area (Å²) in [4.78, 5) is 12.9. The highest BCUT2D eigenvalue weighted by molar-refractivity contribution is 5.66. The van der Waals surface area contributed by atoms with Crippen LogP contribution in [0.25, 0.3) is 0 Å². The molecular formula is C13H21NO2. The van der Waals surface area contributed by atoms with E-state index in [1.807, 2.05) is 0 Å². The molecule has 0 spiro atoms. The highest BCUT2D eigenvalue weighted by Crippen LogP contribution is 2.21. The summed E-state index contributed by atoms with van der Waals surface area (Å²) in [5.41, 5.74) is 0. The molecule has 0 radical (unpaired) electrons. The summed E-state index contributed by atoms with van der Waals surface area (Å²) in [5, 5.41) is 8.65. The summed E-state index contributed by atoms with van der Waals surface area (Å²) >= 11 is 0. The Hall–Kier alpha value is -1.01. The number of unbranched alkanes of at least 4 members (excludes halogenated alkanes) is 1. The number of hydrogen-bond acceptors (Lipinski definition) is 2. The van der Waals surface area contributed by atoms with Gasteiger partial charge in [-0.05, 0) is 44.7 Å². The van der Waals surface area contributed by atoms with Gasteiger partial charge in [0.15, 0.2) is 0 Å². The minimum absolute atomic E-state index is 0.308.